The fourth-order valence-corrected chi connectivity index (χ4v) is 5.88. The van der Waals surface area contributed by atoms with Gasteiger partial charge in [-0.25, -0.2) is 0 Å². The zero-order valence-corrected chi connectivity index (χ0v) is 26.1. The second-order valence-corrected chi connectivity index (χ2v) is 11.2. The summed E-state index contributed by atoms with van der Waals surface area (Å²) in [6.45, 7) is 2.48. The number of nitrogens with zero attached hydrogens (tertiary/aromatic N) is 1. The second-order valence-electron chi connectivity index (χ2n) is 10.8. The number of aryl methyl sites for hydroxylation is 1. The number of rotatable bonds is 10. The Hall–Kier alpha value is -4.95. The van der Waals surface area contributed by atoms with E-state index in [4.69, 9.17) is 35.0 Å². The molecular formula is C36H32ClNO7. The average molecular weight is 626 g/mol. The highest BCUT2D eigenvalue weighted by atomic mass is 35.5. The van der Waals surface area contributed by atoms with Crippen molar-refractivity contribution in [3.8, 4) is 23.0 Å². The highest BCUT2D eigenvalue weighted by Gasteiger charge is 2.43. The van der Waals surface area contributed by atoms with Gasteiger partial charge in [-0.05, 0) is 72.0 Å². The lowest BCUT2D eigenvalue weighted by Gasteiger charge is -2.26. The van der Waals surface area contributed by atoms with E-state index in [0.29, 0.717) is 64.1 Å². The van der Waals surface area contributed by atoms with Gasteiger partial charge in [0.25, 0.3) is 5.91 Å². The molecule has 0 N–H and O–H groups in total. The highest BCUT2D eigenvalue weighted by Crippen LogP contribution is 2.42. The molecule has 230 valence electrons. The number of benzene rings is 4. The minimum atomic E-state index is -0.731. The molecule has 2 heterocycles. The molecule has 8 nitrogen and oxygen atoms in total. The first-order valence-corrected chi connectivity index (χ1v) is 14.8. The van der Waals surface area contributed by atoms with E-state index in [9.17, 15) is 9.59 Å². The molecule has 0 radical (unpaired) electrons. The Morgan fingerprint density at radius 2 is 1.51 bits per heavy atom. The lowest BCUT2D eigenvalue weighted by atomic mass is 9.97. The van der Waals surface area contributed by atoms with E-state index in [2.05, 4.69) is 0 Å². The van der Waals surface area contributed by atoms with Crippen molar-refractivity contribution < 1.29 is 28.2 Å². The zero-order valence-electron chi connectivity index (χ0n) is 25.4. The van der Waals surface area contributed by atoms with Crippen molar-refractivity contribution in [2.45, 2.75) is 26.0 Å². The van der Waals surface area contributed by atoms with Crippen LogP contribution in [0.3, 0.4) is 0 Å². The first-order chi connectivity index (χ1) is 21.8. The summed E-state index contributed by atoms with van der Waals surface area (Å²) in [5.41, 5.74) is 3.65. The molecular weight excluding hydrogens is 594 g/mol. The van der Waals surface area contributed by atoms with Gasteiger partial charge in [-0.2, -0.15) is 0 Å². The predicted octanol–water partition coefficient (Wildman–Crippen LogP) is 7.15. The number of amides is 1. The van der Waals surface area contributed by atoms with Crippen LogP contribution < -0.4 is 24.4 Å². The molecule has 5 aromatic rings. The highest BCUT2D eigenvalue weighted by molar-refractivity contribution is 6.32. The summed E-state index contributed by atoms with van der Waals surface area (Å²) >= 11 is 6.41. The number of methoxy groups -OCH3 is 3. The van der Waals surface area contributed by atoms with Crippen LogP contribution >= 0.6 is 11.6 Å². The van der Waals surface area contributed by atoms with E-state index in [1.165, 1.54) is 0 Å². The van der Waals surface area contributed by atoms with Crippen LogP contribution in [-0.2, 0) is 13.0 Å². The van der Waals surface area contributed by atoms with E-state index < -0.39 is 6.04 Å². The molecule has 1 aliphatic rings. The van der Waals surface area contributed by atoms with Gasteiger partial charge in [-0.1, -0.05) is 54.1 Å². The van der Waals surface area contributed by atoms with E-state index in [-0.39, 0.29) is 22.7 Å². The van der Waals surface area contributed by atoms with Crippen LogP contribution in [-0.4, -0.2) is 38.7 Å². The maximum atomic E-state index is 14.1. The lowest BCUT2D eigenvalue weighted by molar-refractivity contribution is 0.0729. The SMILES string of the molecule is COc1ccc(CCN2C(=O)c3oc4cc(C)c(Cl)cc4c(=O)c3C2c2ccc(OCc3ccccc3)c(OC)c2)cc1OC. The maximum absolute atomic E-state index is 14.1. The van der Waals surface area contributed by atoms with Crippen molar-refractivity contribution in [2.75, 3.05) is 27.9 Å². The molecule has 0 saturated carbocycles. The van der Waals surface area contributed by atoms with Crippen molar-refractivity contribution in [1.82, 2.24) is 4.90 Å². The first kappa shape index (κ1) is 30.1. The monoisotopic (exact) mass is 625 g/mol. The Balaban J connectivity index is 1.41. The van der Waals surface area contributed by atoms with Crippen LogP contribution in [0.4, 0.5) is 0 Å². The molecule has 1 aromatic heterocycles. The Bertz CT molecular complexity index is 1950. The summed E-state index contributed by atoms with van der Waals surface area (Å²) in [4.78, 5) is 29.8. The Morgan fingerprint density at radius 3 is 2.24 bits per heavy atom. The van der Waals surface area contributed by atoms with Crippen molar-refractivity contribution in [2.24, 2.45) is 0 Å². The predicted molar refractivity (Wildman–Crippen MR) is 172 cm³/mol. The summed E-state index contributed by atoms with van der Waals surface area (Å²) in [6, 6.07) is 23.5. The van der Waals surface area contributed by atoms with Gasteiger partial charge in [0.05, 0.1) is 38.3 Å². The summed E-state index contributed by atoms with van der Waals surface area (Å²) in [5.74, 6) is 1.88. The standard InChI is InChI=1S/C36H32ClNO7/c1-21-16-29-25(19-26(21)37)34(39)32-33(24-11-13-28(31(18-24)43-4)44-20-23-8-6-5-7-9-23)38(36(40)35(32)45-29)15-14-22-10-12-27(41-2)30(17-22)42-3/h5-13,16-19,33H,14-15,20H2,1-4H3. The largest absolute Gasteiger partial charge is 0.493 e. The molecule has 0 spiro atoms. The number of hydrogen-bond donors (Lipinski definition) is 0. The van der Waals surface area contributed by atoms with Gasteiger partial charge in [0.1, 0.15) is 12.2 Å². The fraction of sp³-hybridized carbons (Fsp3) is 0.222. The molecule has 1 amide bonds. The molecule has 1 aliphatic heterocycles. The topological polar surface area (TPSA) is 87.4 Å². The fourth-order valence-electron chi connectivity index (χ4n) is 5.71. The third kappa shape index (κ3) is 5.69. The van der Waals surface area contributed by atoms with Crippen molar-refractivity contribution in [3.63, 3.8) is 0 Å². The van der Waals surface area contributed by atoms with Gasteiger partial charge in [0, 0.05) is 11.6 Å². The summed E-state index contributed by atoms with van der Waals surface area (Å²) in [7, 11) is 4.72. The van der Waals surface area contributed by atoms with Crippen molar-refractivity contribution in [3.05, 3.63) is 128 Å². The molecule has 0 aliphatic carbocycles. The number of carbonyl (C=O) groups excluding carboxylic acids is 1. The van der Waals surface area contributed by atoms with E-state index in [1.807, 2.05) is 67.6 Å². The number of hydrogen-bond acceptors (Lipinski definition) is 7. The molecule has 9 heteroatoms. The van der Waals surface area contributed by atoms with Crippen LogP contribution in [0.1, 0.15) is 44.4 Å². The number of carbonyl (C=O) groups is 1. The van der Waals surface area contributed by atoms with E-state index in [1.54, 1.807) is 44.4 Å². The number of halogens is 1. The van der Waals surface area contributed by atoms with Gasteiger partial charge < -0.3 is 28.3 Å². The summed E-state index contributed by atoms with van der Waals surface area (Å²) in [6.07, 6.45) is 0.491. The molecule has 1 unspecified atom stereocenters. The zero-order chi connectivity index (χ0) is 31.7. The number of ether oxygens (including phenoxy) is 4. The van der Waals surface area contributed by atoms with Gasteiger partial charge in [-0.15, -0.1) is 0 Å². The lowest BCUT2D eigenvalue weighted by Crippen LogP contribution is -2.31. The molecule has 4 aromatic carbocycles. The molecule has 0 bridgehead atoms. The van der Waals surface area contributed by atoms with Crippen LogP contribution in [0.5, 0.6) is 23.0 Å². The van der Waals surface area contributed by atoms with Crippen molar-refractivity contribution >= 4 is 28.5 Å². The normalized spacial score (nSPS) is 14.0. The minimum Gasteiger partial charge on any atom is -0.493 e. The Kier molecular flexibility index (Phi) is 8.41. The molecule has 0 saturated heterocycles. The maximum Gasteiger partial charge on any atom is 0.290 e. The second kappa shape index (κ2) is 12.6. The van der Waals surface area contributed by atoms with E-state index in [0.717, 1.165) is 16.7 Å². The smallest absolute Gasteiger partial charge is 0.290 e. The molecule has 0 fully saturated rings. The van der Waals surface area contributed by atoms with Gasteiger partial charge in [-0.3, -0.25) is 9.59 Å². The Morgan fingerprint density at radius 1 is 0.800 bits per heavy atom. The summed E-state index contributed by atoms with van der Waals surface area (Å²) in [5, 5.41) is 0.765. The van der Waals surface area contributed by atoms with Gasteiger partial charge in [0.2, 0.25) is 5.76 Å². The van der Waals surface area contributed by atoms with Gasteiger partial charge in [0.15, 0.2) is 28.4 Å². The first-order valence-electron chi connectivity index (χ1n) is 14.5. The average Bonchev–Trinajstić information content (AvgIpc) is 3.34. The third-order valence-corrected chi connectivity index (χ3v) is 8.48. The molecule has 45 heavy (non-hydrogen) atoms. The molecule has 6 rings (SSSR count). The summed E-state index contributed by atoms with van der Waals surface area (Å²) < 4.78 is 28.8. The van der Waals surface area contributed by atoms with E-state index >= 15 is 0 Å². The quantitative estimate of drug-likeness (QED) is 0.163. The van der Waals surface area contributed by atoms with Crippen LogP contribution in [0, 0.1) is 6.92 Å². The minimum absolute atomic E-state index is 0.0231. The van der Waals surface area contributed by atoms with Crippen LogP contribution in [0.25, 0.3) is 11.0 Å². The van der Waals surface area contributed by atoms with Crippen LogP contribution in [0.15, 0.2) is 88.1 Å². The molecule has 1 atom stereocenters. The third-order valence-electron chi connectivity index (χ3n) is 8.08. The Labute approximate surface area is 265 Å². The van der Waals surface area contributed by atoms with Crippen LogP contribution in [0.2, 0.25) is 5.02 Å². The van der Waals surface area contributed by atoms with Gasteiger partial charge >= 0.3 is 0 Å². The van der Waals surface area contributed by atoms with Crippen molar-refractivity contribution in [1.29, 1.82) is 0 Å². The number of fused-ring (bicyclic) bond motifs is 2.